The van der Waals surface area contributed by atoms with Crippen molar-refractivity contribution >= 4 is 17.1 Å². The number of hydrogen-bond donors (Lipinski definition) is 1. The van der Waals surface area contributed by atoms with E-state index in [1.165, 1.54) is 25.7 Å². The molecule has 6 nitrogen and oxygen atoms in total. The zero-order chi connectivity index (χ0) is 16.5. The Kier molecular flexibility index (Phi) is 4.22. The quantitative estimate of drug-likeness (QED) is 0.919. The number of amides is 1. The van der Waals surface area contributed by atoms with E-state index < -0.39 is 0 Å². The van der Waals surface area contributed by atoms with Gasteiger partial charge in [-0.05, 0) is 31.7 Å². The summed E-state index contributed by atoms with van der Waals surface area (Å²) in [6, 6.07) is 2.47. The first-order valence-electron chi connectivity index (χ1n) is 9.10. The molecule has 2 N–H and O–H groups in total. The summed E-state index contributed by atoms with van der Waals surface area (Å²) in [4.78, 5) is 23.7. The molecule has 0 bridgehead atoms. The molecule has 0 spiro atoms. The molecule has 4 rings (SSSR count). The standard InChI is InChI=1S/C18H25N5O/c19-14-5-3-4-8-22(11-14)18(24)13-9-16-17(20-10-13)23(12-21-16)15-6-1-2-7-15/h9-10,12,14-15H,1-8,11,19H2. The molecule has 6 heteroatoms. The van der Waals surface area contributed by atoms with Crippen molar-refractivity contribution < 1.29 is 4.79 Å². The SMILES string of the molecule is NC1CCCCN(C(=O)c2cnc3c(c2)ncn3C2CCCC2)C1. The molecule has 128 valence electrons. The van der Waals surface area contributed by atoms with E-state index in [-0.39, 0.29) is 11.9 Å². The molecule has 1 saturated heterocycles. The predicted molar refractivity (Wildman–Crippen MR) is 92.8 cm³/mol. The van der Waals surface area contributed by atoms with Gasteiger partial charge in [-0.2, -0.15) is 0 Å². The number of aromatic nitrogens is 3. The van der Waals surface area contributed by atoms with Crippen LogP contribution in [0.5, 0.6) is 0 Å². The molecule has 24 heavy (non-hydrogen) atoms. The fourth-order valence-electron chi connectivity index (χ4n) is 4.03. The molecule has 1 atom stereocenters. The van der Waals surface area contributed by atoms with Crippen LogP contribution in [0.2, 0.25) is 0 Å². The lowest BCUT2D eigenvalue weighted by atomic mass is 10.1. The van der Waals surface area contributed by atoms with Crippen LogP contribution in [-0.2, 0) is 0 Å². The van der Waals surface area contributed by atoms with Gasteiger partial charge in [0.05, 0.1) is 11.9 Å². The zero-order valence-electron chi connectivity index (χ0n) is 14.0. The molecule has 2 fully saturated rings. The van der Waals surface area contributed by atoms with Crippen LogP contribution in [0.25, 0.3) is 11.2 Å². The smallest absolute Gasteiger partial charge is 0.255 e. The highest BCUT2D eigenvalue weighted by Crippen LogP contribution is 2.31. The van der Waals surface area contributed by atoms with Gasteiger partial charge in [0.1, 0.15) is 5.52 Å². The lowest BCUT2D eigenvalue weighted by Gasteiger charge is -2.22. The second-order valence-electron chi connectivity index (χ2n) is 7.16. The van der Waals surface area contributed by atoms with Crippen LogP contribution in [-0.4, -0.2) is 44.5 Å². The first-order chi connectivity index (χ1) is 11.7. The van der Waals surface area contributed by atoms with Gasteiger partial charge in [0.2, 0.25) is 0 Å². The maximum atomic E-state index is 12.8. The number of fused-ring (bicyclic) bond motifs is 1. The van der Waals surface area contributed by atoms with E-state index in [4.69, 9.17) is 5.73 Å². The van der Waals surface area contributed by atoms with Crippen molar-refractivity contribution in [2.75, 3.05) is 13.1 Å². The molecular weight excluding hydrogens is 302 g/mol. The Morgan fingerprint density at radius 2 is 1.92 bits per heavy atom. The second-order valence-corrected chi connectivity index (χ2v) is 7.16. The predicted octanol–water partition coefficient (Wildman–Crippen LogP) is 2.50. The number of pyridine rings is 1. The Hall–Kier alpha value is -1.95. The maximum Gasteiger partial charge on any atom is 0.255 e. The maximum absolute atomic E-state index is 12.8. The molecule has 2 aromatic heterocycles. The van der Waals surface area contributed by atoms with Gasteiger partial charge in [-0.3, -0.25) is 4.79 Å². The summed E-state index contributed by atoms with van der Waals surface area (Å²) in [5, 5.41) is 0. The number of nitrogens with two attached hydrogens (primary N) is 1. The molecule has 2 aliphatic rings. The third kappa shape index (κ3) is 2.90. The van der Waals surface area contributed by atoms with Crippen molar-refractivity contribution in [3.05, 3.63) is 24.2 Å². The van der Waals surface area contributed by atoms with E-state index in [1.807, 2.05) is 17.3 Å². The molecule has 1 aliphatic heterocycles. The molecule has 1 saturated carbocycles. The summed E-state index contributed by atoms with van der Waals surface area (Å²) in [6.07, 6.45) is 11.6. The summed E-state index contributed by atoms with van der Waals surface area (Å²) >= 11 is 0. The highest BCUT2D eigenvalue weighted by molar-refractivity contribution is 5.96. The topological polar surface area (TPSA) is 77.0 Å². The molecule has 1 unspecified atom stereocenters. The summed E-state index contributed by atoms with van der Waals surface area (Å²) in [5.74, 6) is 0.0252. The van der Waals surface area contributed by atoms with Gasteiger partial charge in [-0.15, -0.1) is 0 Å². The third-order valence-electron chi connectivity index (χ3n) is 5.37. The van der Waals surface area contributed by atoms with Crippen LogP contribution in [0.1, 0.15) is 61.3 Å². The van der Waals surface area contributed by atoms with Gasteiger partial charge in [0.15, 0.2) is 5.65 Å². The Balaban J connectivity index is 1.59. The summed E-state index contributed by atoms with van der Waals surface area (Å²) in [7, 11) is 0. The first kappa shape index (κ1) is 15.6. The van der Waals surface area contributed by atoms with Crippen molar-refractivity contribution in [1.82, 2.24) is 19.4 Å². The molecular formula is C18H25N5O. The Morgan fingerprint density at radius 1 is 1.12 bits per heavy atom. The molecule has 1 aliphatic carbocycles. The van der Waals surface area contributed by atoms with Crippen LogP contribution in [0, 0.1) is 0 Å². The largest absolute Gasteiger partial charge is 0.337 e. The number of carbonyl (C=O) groups is 1. The van der Waals surface area contributed by atoms with Gasteiger partial charge in [-0.1, -0.05) is 19.3 Å². The minimum absolute atomic E-state index is 0.0252. The number of hydrogen-bond acceptors (Lipinski definition) is 4. The van der Waals surface area contributed by atoms with Crippen molar-refractivity contribution in [2.45, 2.75) is 57.0 Å². The number of likely N-dealkylation sites (tertiary alicyclic amines) is 1. The van der Waals surface area contributed by atoms with Gasteiger partial charge in [0.25, 0.3) is 5.91 Å². The third-order valence-corrected chi connectivity index (χ3v) is 5.37. The van der Waals surface area contributed by atoms with Crippen molar-refractivity contribution in [1.29, 1.82) is 0 Å². The van der Waals surface area contributed by atoms with Gasteiger partial charge < -0.3 is 15.2 Å². The Labute approximate surface area is 142 Å². The molecule has 0 aromatic carbocycles. The normalized spacial score (nSPS) is 22.9. The monoisotopic (exact) mass is 327 g/mol. The minimum Gasteiger partial charge on any atom is -0.337 e. The zero-order valence-corrected chi connectivity index (χ0v) is 14.0. The number of nitrogens with zero attached hydrogens (tertiary/aromatic N) is 4. The fraction of sp³-hybridized carbons (Fsp3) is 0.611. The van der Waals surface area contributed by atoms with Gasteiger partial charge >= 0.3 is 0 Å². The van der Waals surface area contributed by atoms with Crippen LogP contribution in [0.4, 0.5) is 0 Å². The van der Waals surface area contributed by atoms with E-state index in [0.29, 0.717) is 18.2 Å². The van der Waals surface area contributed by atoms with Crippen molar-refractivity contribution in [3.8, 4) is 0 Å². The fourth-order valence-corrected chi connectivity index (χ4v) is 4.03. The average Bonchev–Trinajstić information content (AvgIpc) is 3.20. The highest BCUT2D eigenvalue weighted by Gasteiger charge is 2.23. The number of carbonyl (C=O) groups excluding carboxylic acids is 1. The Bertz CT molecular complexity index is 734. The Morgan fingerprint density at radius 3 is 2.75 bits per heavy atom. The first-order valence-corrected chi connectivity index (χ1v) is 9.10. The number of rotatable bonds is 2. The van der Waals surface area contributed by atoms with Gasteiger partial charge in [0, 0.05) is 31.4 Å². The molecule has 2 aromatic rings. The van der Waals surface area contributed by atoms with Gasteiger partial charge in [-0.25, -0.2) is 9.97 Å². The molecule has 0 radical (unpaired) electrons. The van der Waals surface area contributed by atoms with E-state index in [2.05, 4.69) is 14.5 Å². The van der Waals surface area contributed by atoms with Crippen LogP contribution in [0.15, 0.2) is 18.6 Å². The van der Waals surface area contributed by atoms with Crippen LogP contribution < -0.4 is 5.73 Å². The van der Waals surface area contributed by atoms with E-state index in [9.17, 15) is 4.79 Å². The van der Waals surface area contributed by atoms with Crippen LogP contribution >= 0.6 is 0 Å². The van der Waals surface area contributed by atoms with Crippen LogP contribution in [0.3, 0.4) is 0 Å². The van der Waals surface area contributed by atoms with E-state index in [0.717, 1.165) is 37.0 Å². The summed E-state index contributed by atoms with van der Waals surface area (Å²) < 4.78 is 2.18. The number of imidazole rings is 1. The second kappa shape index (κ2) is 6.51. The highest BCUT2D eigenvalue weighted by atomic mass is 16.2. The van der Waals surface area contributed by atoms with E-state index in [1.54, 1.807) is 6.20 Å². The summed E-state index contributed by atoms with van der Waals surface area (Å²) in [5.41, 5.74) is 8.40. The minimum atomic E-state index is 0.0252. The van der Waals surface area contributed by atoms with E-state index >= 15 is 0 Å². The molecule has 3 heterocycles. The summed E-state index contributed by atoms with van der Waals surface area (Å²) in [6.45, 7) is 1.41. The lowest BCUT2D eigenvalue weighted by Crippen LogP contribution is -2.39. The van der Waals surface area contributed by atoms with Crippen molar-refractivity contribution in [2.24, 2.45) is 5.73 Å². The van der Waals surface area contributed by atoms with Crippen molar-refractivity contribution in [3.63, 3.8) is 0 Å². The lowest BCUT2D eigenvalue weighted by molar-refractivity contribution is 0.0755. The average molecular weight is 327 g/mol. The molecule has 1 amide bonds.